The first-order valence-electron chi connectivity index (χ1n) is 9.51. The zero-order chi connectivity index (χ0) is 21.7. The molecule has 0 aromatic heterocycles. The van der Waals surface area contributed by atoms with E-state index >= 15 is 0 Å². The number of ether oxygens (including phenoxy) is 1. The summed E-state index contributed by atoms with van der Waals surface area (Å²) in [5, 5.41) is 8.25. The standard InChI is InChI=1S/C23H24ClN3O3/c1-15(23(29)26-20-13-17(24)11-12-21(20)30-3)27(2)14-22(28)25-19-10-6-8-16-7-4-5-9-18(16)19/h4-13,15H,14H2,1-3H3,(H,25,28)(H,26,29)/t15-/m0/s1. The molecule has 0 spiro atoms. The molecule has 0 aliphatic heterocycles. The lowest BCUT2D eigenvalue weighted by atomic mass is 10.1. The molecule has 6 nitrogen and oxygen atoms in total. The molecule has 7 heteroatoms. The molecular weight excluding hydrogens is 402 g/mol. The van der Waals surface area contributed by atoms with Crippen LogP contribution in [0.3, 0.4) is 0 Å². The van der Waals surface area contributed by atoms with Gasteiger partial charge >= 0.3 is 0 Å². The zero-order valence-corrected chi connectivity index (χ0v) is 17.9. The summed E-state index contributed by atoms with van der Waals surface area (Å²) >= 11 is 6.02. The van der Waals surface area contributed by atoms with Crippen molar-refractivity contribution in [3.05, 3.63) is 65.7 Å². The van der Waals surface area contributed by atoms with Gasteiger partial charge in [0.1, 0.15) is 5.75 Å². The first kappa shape index (κ1) is 21.6. The van der Waals surface area contributed by atoms with Crippen molar-refractivity contribution in [1.29, 1.82) is 0 Å². The van der Waals surface area contributed by atoms with E-state index in [4.69, 9.17) is 16.3 Å². The molecule has 3 aromatic carbocycles. The van der Waals surface area contributed by atoms with Crippen molar-refractivity contribution in [2.24, 2.45) is 0 Å². The van der Waals surface area contributed by atoms with Gasteiger partial charge in [0, 0.05) is 16.1 Å². The Hall–Kier alpha value is -3.09. The number of amides is 2. The normalized spacial score (nSPS) is 11.9. The van der Waals surface area contributed by atoms with Gasteiger partial charge in [0.05, 0.1) is 25.4 Å². The molecule has 0 bridgehead atoms. The molecule has 30 heavy (non-hydrogen) atoms. The maximum Gasteiger partial charge on any atom is 0.241 e. The van der Waals surface area contributed by atoms with E-state index in [9.17, 15) is 9.59 Å². The van der Waals surface area contributed by atoms with E-state index in [1.54, 1.807) is 37.1 Å². The van der Waals surface area contributed by atoms with Gasteiger partial charge in [-0.1, -0.05) is 48.0 Å². The number of halogens is 1. The Morgan fingerprint density at radius 3 is 2.53 bits per heavy atom. The average molecular weight is 426 g/mol. The third-order valence-corrected chi connectivity index (χ3v) is 5.15. The lowest BCUT2D eigenvalue weighted by molar-refractivity contribution is -0.122. The number of rotatable bonds is 7. The van der Waals surface area contributed by atoms with Crippen molar-refractivity contribution >= 4 is 45.6 Å². The summed E-state index contributed by atoms with van der Waals surface area (Å²) in [5.41, 5.74) is 1.22. The number of methoxy groups -OCH3 is 1. The Balaban J connectivity index is 1.63. The molecule has 0 heterocycles. The van der Waals surface area contributed by atoms with Crippen molar-refractivity contribution in [3.8, 4) is 5.75 Å². The topological polar surface area (TPSA) is 70.7 Å². The van der Waals surface area contributed by atoms with Crippen LogP contribution in [-0.2, 0) is 9.59 Å². The van der Waals surface area contributed by atoms with Gasteiger partial charge in [-0.05, 0) is 43.6 Å². The average Bonchev–Trinajstić information content (AvgIpc) is 2.73. The van der Waals surface area contributed by atoms with Crippen LogP contribution in [0.5, 0.6) is 5.75 Å². The van der Waals surface area contributed by atoms with Crippen LogP contribution in [-0.4, -0.2) is 43.5 Å². The Labute approximate surface area is 180 Å². The fraction of sp³-hybridized carbons (Fsp3) is 0.217. The molecular formula is C23H24ClN3O3. The van der Waals surface area contributed by atoms with Gasteiger partial charge in [0.15, 0.2) is 0 Å². The summed E-state index contributed by atoms with van der Waals surface area (Å²) in [6.07, 6.45) is 0. The first-order chi connectivity index (χ1) is 14.4. The number of nitrogens with zero attached hydrogens (tertiary/aromatic N) is 1. The SMILES string of the molecule is COc1ccc(Cl)cc1NC(=O)[C@H](C)N(C)CC(=O)Nc1cccc2ccccc12. The molecule has 3 rings (SSSR count). The van der Waals surface area contributed by atoms with E-state index in [0.29, 0.717) is 16.5 Å². The number of benzene rings is 3. The molecule has 0 saturated carbocycles. The molecule has 2 N–H and O–H groups in total. The number of fused-ring (bicyclic) bond motifs is 1. The van der Waals surface area contributed by atoms with Gasteiger partial charge in [0.2, 0.25) is 11.8 Å². The summed E-state index contributed by atoms with van der Waals surface area (Å²) in [7, 11) is 3.24. The van der Waals surface area contributed by atoms with E-state index in [1.807, 2.05) is 42.5 Å². The van der Waals surface area contributed by atoms with Crippen molar-refractivity contribution < 1.29 is 14.3 Å². The van der Waals surface area contributed by atoms with Gasteiger partial charge in [-0.2, -0.15) is 0 Å². The molecule has 0 unspecified atom stereocenters. The largest absolute Gasteiger partial charge is 0.495 e. The lowest BCUT2D eigenvalue weighted by Gasteiger charge is -2.24. The summed E-state index contributed by atoms with van der Waals surface area (Å²) < 4.78 is 5.26. The van der Waals surface area contributed by atoms with E-state index in [-0.39, 0.29) is 18.4 Å². The second-order valence-corrected chi connectivity index (χ2v) is 7.44. The number of anilines is 2. The molecule has 156 valence electrons. The number of carbonyl (C=O) groups is 2. The molecule has 0 fully saturated rings. The smallest absolute Gasteiger partial charge is 0.241 e. The van der Waals surface area contributed by atoms with Gasteiger partial charge in [-0.25, -0.2) is 0 Å². The minimum atomic E-state index is -0.549. The number of hydrogen-bond acceptors (Lipinski definition) is 4. The van der Waals surface area contributed by atoms with Crippen LogP contribution < -0.4 is 15.4 Å². The highest BCUT2D eigenvalue weighted by atomic mass is 35.5. The van der Waals surface area contributed by atoms with Crippen LogP contribution in [0.15, 0.2) is 60.7 Å². The van der Waals surface area contributed by atoms with E-state index in [2.05, 4.69) is 10.6 Å². The van der Waals surface area contributed by atoms with Gasteiger partial charge in [0.25, 0.3) is 0 Å². The van der Waals surface area contributed by atoms with E-state index in [0.717, 1.165) is 16.5 Å². The first-order valence-corrected chi connectivity index (χ1v) is 9.89. The maximum atomic E-state index is 12.7. The van der Waals surface area contributed by atoms with Gasteiger partial charge < -0.3 is 15.4 Å². The Morgan fingerprint density at radius 1 is 1.03 bits per heavy atom. The van der Waals surface area contributed by atoms with Crippen molar-refractivity contribution in [2.75, 3.05) is 31.3 Å². The fourth-order valence-electron chi connectivity index (χ4n) is 3.10. The molecule has 3 aromatic rings. The molecule has 0 aliphatic rings. The minimum absolute atomic E-state index is 0.0600. The third-order valence-electron chi connectivity index (χ3n) is 4.92. The molecule has 1 atom stereocenters. The molecule has 0 saturated heterocycles. The molecule has 0 radical (unpaired) electrons. The van der Waals surface area contributed by atoms with Crippen molar-refractivity contribution in [1.82, 2.24) is 4.90 Å². The highest BCUT2D eigenvalue weighted by molar-refractivity contribution is 6.31. The maximum absolute atomic E-state index is 12.7. The monoisotopic (exact) mass is 425 g/mol. The summed E-state index contributed by atoms with van der Waals surface area (Å²) in [5.74, 6) is 0.0427. The predicted octanol–water partition coefficient (Wildman–Crippen LogP) is 4.40. The number of likely N-dealkylation sites (N-methyl/N-ethyl adjacent to an activating group) is 1. The van der Waals surface area contributed by atoms with Crippen molar-refractivity contribution in [2.45, 2.75) is 13.0 Å². The quantitative estimate of drug-likeness (QED) is 0.588. The second kappa shape index (κ2) is 9.61. The van der Waals surface area contributed by atoms with Crippen LogP contribution in [0.1, 0.15) is 6.92 Å². The van der Waals surface area contributed by atoms with Crippen LogP contribution in [0, 0.1) is 0 Å². The van der Waals surface area contributed by atoms with Crippen LogP contribution in [0.2, 0.25) is 5.02 Å². The highest BCUT2D eigenvalue weighted by Crippen LogP contribution is 2.28. The second-order valence-electron chi connectivity index (χ2n) is 7.00. The zero-order valence-electron chi connectivity index (χ0n) is 17.1. The molecule has 0 aliphatic carbocycles. The molecule has 2 amide bonds. The Morgan fingerprint density at radius 2 is 1.77 bits per heavy atom. The predicted molar refractivity (Wildman–Crippen MR) is 121 cm³/mol. The Bertz CT molecular complexity index is 1070. The van der Waals surface area contributed by atoms with E-state index < -0.39 is 6.04 Å². The fourth-order valence-corrected chi connectivity index (χ4v) is 3.27. The van der Waals surface area contributed by atoms with Crippen LogP contribution >= 0.6 is 11.6 Å². The van der Waals surface area contributed by atoms with Gasteiger partial charge in [-0.3, -0.25) is 14.5 Å². The summed E-state index contributed by atoms with van der Waals surface area (Å²) in [6, 6.07) is 18.0. The number of hydrogen-bond donors (Lipinski definition) is 2. The number of nitrogens with one attached hydrogen (secondary N) is 2. The third kappa shape index (κ3) is 5.09. The Kier molecular flexibility index (Phi) is 6.92. The van der Waals surface area contributed by atoms with Crippen molar-refractivity contribution in [3.63, 3.8) is 0 Å². The van der Waals surface area contributed by atoms with Crippen LogP contribution in [0.4, 0.5) is 11.4 Å². The summed E-state index contributed by atoms with van der Waals surface area (Å²) in [6.45, 7) is 1.79. The summed E-state index contributed by atoms with van der Waals surface area (Å²) in [4.78, 5) is 26.9. The van der Waals surface area contributed by atoms with Gasteiger partial charge in [-0.15, -0.1) is 0 Å². The van der Waals surface area contributed by atoms with Crippen LogP contribution in [0.25, 0.3) is 10.8 Å². The highest BCUT2D eigenvalue weighted by Gasteiger charge is 2.21. The van der Waals surface area contributed by atoms with E-state index in [1.165, 1.54) is 7.11 Å². The number of carbonyl (C=O) groups excluding carboxylic acids is 2. The minimum Gasteiger partial charge on any atom is -0.495 e. The lowest BCUT2D eigenvalue weighted by Crippen LogP contribution is -2.43.